The Morgan fingerprint density at radius 1 is 1.40 bits per heavy atom. The summed E-state index contributed by atoms with van der Waals surface area (Å²) in [5.41, 5.74) is 2.77. The lowest BCUT2D eigenvalue weighted by Gasteiger charge is -2.00. The van der Waals surface area contributed by atoms with Crippen molar-refractivity contribution in [3.8, 4) is 0 Å². The SMILES string of the molecule is C[C@@H]1Cc2ccccc2N1. The third-order valence-corrected chi connectivity index (χ3v) is 1.95. The van der Waals surface area contributed by atoms with E-state index in [-0.39, 0.29) is 0 Å². The lowest BCUT2D eigenvalue weighted by atomic mass is 10.1. The van der Waals surface area contributed by atoms with Gasteiger partial charge in [-0.2, -0.15) is 0 Å². The van der Waals surface area contributed by atoms with Crippen molar-refractivity contribution in [1.82, 2.24) is 0 Å². The average Bonchev–Trinajstić information content (AvgIpc) is 2.27. The number of rotatable bonds is 0. The average molecular weight is 133 g/mol. The van der Waals surface area contributed by atoms with Crippen LogP contribution < -0.4 is 5.32 Å². The van der Waals surface area contributed by atoms with Gasteiger partial charge in [-0.3, -0.25) is 0 Å². The molecule has 1 atom stereocenters. The number of anilines is 1. The second kappa shape index (κ2) is 2.01. The summed E-state index contributed by atoms with van der Waals surface area (Å²) < 4.78 is 0. The molecule has 0 saturated carbocycles. The molecule has 0 bridgehead atoms. The molecule has 0 aromatic heterocycles. The van der Waals surface area contributed by atoms with Gasteiger partial charge < -0.3 is 5.32 Å². The Balaban J connectivity index is 2.42. The van der Waals surface area contributed by atoms with Crippen LogP contribution in [-0.4, -0.2) is 6.04 Å². The van der Waals surface area contributed by atoms with E-state index in [0.717, 1.165) is 0 Å². The van der Waals surface area contributed by atoms with E-state index in [9.17, 15) is 0 Å². The summed E-state index contributed by atoms with van der Waals surface area (Å²) in [6.45, 7) is 2.21. The molecule has 1 aromatic rings. The fourth-order valence-corrected chi connectivity index (χ4v) is 1.49. The fourth-order valence-electron chi connectivity index (χ4n) is 1.49. The molecule has 2 rings (SSSR count). The highest BCUT2D eigenvalue weighted by Crippen LogP contribution is 2.24. The number of hydrogen-bond acceptors (Lipinski definition) is 1. The van der Waals surface area contributed by atoms with Crippen molar-refractivity contribution in [2.24, 2.45) is 0 Å². The van der Waals surface area contributed by atoms with Gasteiger partial charge in [0.15, 0.2) is 0 Å². The van der Waals surface area contributed by atoms with Crippen molar-refractivity contribution in [1.29, 1.82) is 0 Å². The van der Waals surface area contributed by atoms with Gasteiger partial charge in [0.25, 0.3) is 0 Å². The summed E-state index contributed by atoms with van der Waals surface area (Å²) in [7, 11) is 0. The standard InChI is InChI=1S/C9H11N/c1-7-6-8-4-2-3-5-9(8)10-7/h2-5,7,10H,6H2,1H3/t7-/m1/s1. The Hall–Kier alpha value is -0.980. The molecule has 1 N–H and O–H groups in total. The Morgan fingerprint density at radius 2 is 2.20 bits per heavy atom. The van der Waals surface area contributed by atoms with Crippen LogP contribution in [0.3, 0.4) is 0 Å². The number of nitrogens with one attached hydrogen (secondary N) is 1. The number of benzene rings is 1. The molecule has 1 nitrogen and oxygen atoms in total. The third-order valence-electron chi connectivity index (χ3n) is 1.95. The monoisotopic (exact) mass is 133 g/mol. The zero-order valence-corrected chi connectivity index (χ0v) is 6.09. The first-order chi connectivity index (χ1) is 4.86. The van der Waals surface area contributed by atoms with Crippen molar-refractivity contribution in [3.05, 3.63) is 29.8 Å². The molecule has 0 fully saturated rings. The minimum Gasteiger partial charge on any atom is -0.382 e. The molecule has 1 heteroatoms. The molecule has 0 amide bonds. The quantitative estimate of drug-likeness (QED) is 0.571. The molecule has 1 aliphatic rings. The van der Waals surface area contributed by atoms with Crippen molar-refractivity contribution >= 4 is 5.69 Å². The van der Waals surface area contributed by atoms with Crippen LogP contribution >= 0.6 is 0 Å². The van der Waals surface area contributed by atoms with Crippen LogP contribution in [0.5, 0.6) is 0 Å². The summed E-state index contributed by atoms with van der Waals surface area (Å²) in [5.74, 6) is 0. The molecule has 0 saturated heterocycles. The smallest absolute Gasteiger partial charge is 0.0375 e. The van der Waals surface area contributed by atoms with Crippen LogP contribution in [0, 0.1) is 0 Å². The maximum Gasteiger partial charge on any atom is 0.0375 e. The lowest BCUT2D eigenvalue weighted by molar-refractivity contribution is 0.839. The molecular formula is C9H11N. The Labute approximate surface area is 61.1 Å². The van der Waals surface area contributed by atoms with Crippen molar-refractivity contribution in [2.45, 2.75) is 19.4 Å². The molecule has 1 aliphatic heterocycles. The van der Waals surface area contributed by atoms with E-state index in [1.54, 1.807) is 0 Å². The van der Waals surface area contributed by atoms with E-state index in [1.165, 1.54) is 17.7 Å². The minimum absolute atomic E-state index is 0.623. The van der Waals surface area contributed by atoms with Gasteiger partial charge in [-0.15, -0.1) is 0 Å². The van der Waals surface area contributed by atoms with Gasteiger partial charge >= 0.3 is 0 Å². The van der Waals surface area contributed by atoms with Gasteiger partial charge in [0.05, 0.1) is 0 Å². The lowest BCUT2D eigenvalue weighted by Crippen LogP contribution is -2.08. The van der Waals surface area contributed by atoms with E-state index in [2.05, 4.69) is 36.5 Å². The molecule has 1 heterocycles. The van der Waals surface area contributed by atoms with Gasteiger partial charge in [-0.25, -0.2) is 0 Å². The zero-order valence-electron chi connectivity index (χ0n) is 6.09. The molecule has 0 spiro atoms. The highest BCUT2D eigenvalue weighted by Gasteiger charge is 2.14. The molecule has 0 aliphatic carbocycles. The molecule has 0 radical (unpaired) electrons. The van der Waals surface area contributed by atoms with Crippen LogP contribution in [0.15, 0.2) is 24.3 Å². The largest absolute Gasteiger partial charge is 0.382 e. The summed E-state index contributed by atoms with van der Waals surface area (Å²) in [4.78, 5) is 0. The van der Waals surface area contributed by atoms with Crippen LogP contribution in [0.25, 0.3) is 0 Å². The molecular weight excluding hydrogens is 122 g/mol. The number of fused-ring (bicyclic) bond motifs is 1. The van der Waals surface area contributed by atoms with Gasteiger partial charge in [0, 0.05) is 11.7 Å². The molecule has 10 heavy (non-hydrogen) atoms. The van der Waals surface area contributed by atoms with Crippen molar-refractivity contribution in [2.75, 3.05) is 5.32 Å². The van der Waals surface area contributed by atoms with Crippen LogP contribution in [-0.2, 0) is 6.42 Å². The van der Waals surface area contributed by atoms with E-state index < -0.39 is 0 Å². The maximum atomic E-state index is 3.40. The van der Waals surface area contributed by atoms with E-state index in [4.69, 9.17) is 0 Å². The topological polar surface area (TPSA) is 12.0 Å². The third kappa shape index (κ3) is 0.783. The van der Waals surface area contributed by atoms with Crippen molar-refractivity contribution in [3.63, 3.8) is 0 Å². The van der Waals surface area contributed by atoms with Crippen molar-refractivity contribution < 1.29 is 0 Å². The number of para-hydroxylation sites is 1. The van der Waals surface area contributed by atoms with Crippen LogP contribution in [0.1, 0.15) is 12.5 Å². The predicted molar refractivity (Wildman–Crippen MR) is 43.2 cm³/mol. The Kier molecular flexibility index (Phi) is 1.16. The zero-order chi connectivity index (χ0) is 6.97. The first-order valence-electron chi connectivity index (χ1n) is 3.71. The Morgan fingerprint density at radius 3 is 3.00 bits per heavy atom. The first kappa shape index (κ1) is 5.78. The minimum atomic E-state index is 0.623. The molecule has 1 aromatic carbocycles. The second-order valence-corrected chi connectivity index (χ2v) is 2.91. The number of hydrogen-bond donors (Lipinski definition) is 1. The normalized spacial score (nSPS) is 21.9. The van der Waals surface area contributed by atoms with E-state index >= 15 is 0 Å². The summed E-state index contributed by atoms with van der Waals surface area (Å²) in [5, 5.41) is 3.40. The van der Waals surface area contributed by atoms with E-state index in [1.807, 2.05) is 0 Å². The fraction of sp³-hybridized carbons (Fsp3) is 0.333. The Bertz CT molecular complexity index is 217. The van der Waals surface area contributed by atoms with Gasteiger partial charge in [-0.1, -0.05) is 18.2 Å². The van der Waals surface area contributed by atoms with E-state index in [0.29, 0.717) is 6.04 Å². The predicted octanol–water partition coefficient (Wildman–Crippen LogP) is 2.04. The highest BCUT2D eigenvalue weighted by molar-refractivity contribution is 5.56. The highest BCUT2D eigenvalue weighted by atomic mass is 14.9. The van der Waals surface area contributed by atoms with Crippen LogP contribution in [0.4, 0.5) is 5.69 Å². The molecule has 52 valence electrons. The van der Waals surface area contributed by atoms with Gasteiger partial charge in [0.1, 0.15) is 0 Å². The van der Waals surface area contributed by atoms with Crippen LogP contribution in [0.2, 0.25) is 0 Å². The molecule has 0 unspecified atom stereocenters. The first-order valence-corrected chi connectivity index (χ1v) is 3.71. The van der Waals surface area contributed by atoms with Gasteiger partial charge in [0.2, 0.25) is 0 Å². The summed E-state index contributed by atoms with van der Waals surface area (Å²) in [6, 6.07) is 9.12. The van der Waals surface area contributed by atoms with Gasteiger partial charge in [-0.05, 0) is 25.0 Å². The second-order valence-electron chi connectivity index (χ2n) is 2.91. The summed E-state index contributed by atoms with van der Waals surface area (Å²) in [6.07, 6.45) is 1.18. The summed E-state index contributed by atoms with van der Waals surface area (Å²) >= 11 is 0. The maximum absolute atomic E-state index is 3.40.